The largest absolute Gasteiger partial charge is 0.387 e. The zero-order valence-electron chi connectivity index (χ0n) is 11.2. The summed E-state index contributed by atoms with van der Waals surface area (Å²) < 4.78 is 0. The van der Waals surface area contributed by atoms with Gasteiger partial charge in [0.05, 0.1) is 12.0 Å². The lowest BCUT2D eigenvalue weighted by atomic mass is 10.1. The molecule has 5 heteroatoms. The summed E-state index contributed by atoms with van der Waals surface area (Å²) in [6.45, 7) is 2.43. The van der Waals surface area contributed by atoms with E-state index in [2.05, 4.69) is 10.3 Å². The van der Waals surface area contributed by atoms with Crippen LogP contribution in [0.4, 0.5) is 0 Å². The fourth-order valence-electron chi connectivity index (χ4n) is 1.76. The average molecular weight is 251 g/mol. The zero-order valence-corrected chi connectivity index (χ0v) is 11.2. The Morgan fingerprint density at radius 1 is 1.50 bits per heavy atom. The summed E-state index contributed by atoms with van der Waals surface area (Å²) in [4.78, 5) is 17.6. The van der Waals surface area contributed by atoms with Gasteiger partial charge < -0.3 is 15.3 Å². The lowest BCUT2D eigenvalue weighted by Gasteiger charge is -2.27. The van der Waals surface area contributed by atoms with Gasteiger partial charge in [-0.15, -0.1) is 0 Å². The van der Waals surface area contributed by atoms with Crippen LogP contribution in [0.3, 0.4) is 0 Å². The Bertz CT molecular complexity index is 377. The molecule has 0 aliphatic carbocycles. The predicted molar refractivity (Wildman–Crippen MR) is 70.1 cm³/mol. The fraction of sp³-hybridized carbons (Fsp3) is 0.538. The summed E-state index contributed by atoms with van der Waals surface area (Å²) in [6.07, 6.45) is 1.89. The standard InChI is InChI=1S/C13H21N3O2/c1-13(18,10-16(2)3)9-15-12(17)8-11-6-4-5-7-14-11/h4-7,18H,8-10H2,1-3H3,(H,15,17). The molecule has 0 aliphatic rings. The minimum absolute atomic E-state index is 0.132. The Balaban J connectivity index is 2.37. The number of aliphatic hydroxyl groups is 1. The monoisotopic (exact) mass is 251 g/mol. The quantitative estimate of drug-likeness (QED) is 0.750. The second-order valence-corrected chi connectivity index (χ2v) is 5.01. The van der Waals surface area contributed by atoms with Gasteiger partial charge in [0.15, 0.2) is 0 Å². The van der Waals surface area contributed by atoms with Crippen LogP contribution in [0.1, 0.15) is 12.6 Å². The number of hydrogen-bond donors (Lipinski definition) is 2. The summed E-state index contributed by atoms with van der Waals surface area (Å²) >= 11 is 0. The van der Waals surface area contributed by atoms with Crippen molar-refractivity contribution in [3.05, 3.63) is 30.1 Å². The third-order valence-electron chi connectivity index (χ3n) is 2.39. The van der Waals surface area contributed by atoms with E-state index < -0.39 is 5.60 Å². The van der Waals surface area contributed by atoms with Crippen LogP contribution in [0.5, 0.6) is 0 Å². The van der Waals surface area contributed by atoms with Crippen molar-refractivity contribution < 1.29 is 9.90 Å². The Morgan fingerprint density at radius 2 is 2.22 bits per heavy atom. The molecule has 1 rings (SSSR count). The van der Waals surface area contributed by atoms with Gasteiger partial charge in [0.2, 0.25) is 5.91 Å². The molecule has 1 atom stereocenters. The van der Waals surface area contributed by atoms with Crippen molar-refractivity contribution in [1.29, 1.82) is 0 Å². The van der Waals surface area contributed by atoms with Crippen LogP contribution in [-0.2, 0) is 11.2 Å². The number of carbonyl (C=O) groups excluding carboxylic acids is 1. The Kier molecular flexibility index (Phi) is 5.25. The molecule has 1 heterocycles. The maximum atomic E-state index is 11.7. The van der Waals surface area contributed by atoms with E-state index in [1.807, 2.05) is 31.1 Å². The summed E-state index contributed by atoms with van der Waals surface area (Å²) in [5.74, 6) is -0.132. The first-order valence-corrected chi connectivity index (χ1v) is 5.93. The van der Waals surface area contributed by atoms with Gasteiger partial charge >= 0.3 is 0 Å². The number of carbonyl (C=O) groups is 1. The van der Waals surface area contributed by atoms with E-state index in [-0.39, 0.29) is 18.9 Å². The lowest BCUT2D eigenvalue weighted by molar-refractivity contribution is -0.121. The van der Waals surface area contributed by atoms with Crippen LogP contribution >= 0.6 is 0 Å². The van der Waals surface area contributed by atoms with Crippen molar-refractivity contribution in [3.8, 4) is 0 Å². The van der Waals surface area contributed by atoms with Crippen molar-refractivity contribution in [3.63, 3.8) is 0 Å². The Morgan fingerprint density at radius 3 is 2.78 bits per heavy atom. The number of pyridine rings is 1. The van der Waals surface area contributed by atoms with Gasteiger partial charge in [-0.05, 0) is 33.2 Å². The molecule has 18 heavy (non-hydrogen) atoms. The van der Waals surface area contributed by atoms with Gasteiger partial charge in [0.25, 0.3) is 0 Å². The minimum Gasteiger partial charge on any atom is -0.387 e. The van der Waals surface area contributed by atoms with Crippen LogP contribution in [0.15, 0.2) is 24.4 Å². The molecule has 0 aromatic carbocycles. The number of aromatic nitrogens is 1. The van der Waals surface area contributed by atoms with Gasteiger partial charge in [-0.1, -0.05) is 6.07 Å². The van der Waals surface area contributed by atoms with Crippen LogP contribution in [0, 0.1) is 0 Å². The number of amides is 1. The first-order valence-electron chi connectivity index (χ1n) is 5.93. The second-order valence-electron chi connectivity index (χ2n) is 5.01. The molecule has 5 nitrogen and oxygen atoms in total. The minimum atomic E-state index is -0.927. The first-order chi connectivity index (χ1) is 8.39. The molecule has 1 aromatic rings. The van der Waals surface area contributed by atoms with Crippen molar-refractivity contribution in [2.45, 2.75) is 18.9 Å². The van der Waals surface area contributed by atoms with Gasteiger partial charge in [-0.25, -0.2) is 0 Å². The highest BCUT2D eigenvalue weighted by atomic mass is 16.3. The van der Waals surface area contributed by atoms with Gasteiger partial charge in [0, 0.05) is 25.0 Å². The highest BCUT2D eigenvalue weighted by Gasteiger charge is 2.22. The Hall–Kier alpha value is -1.46. The molecule has 2 N–H and O–H groups in total. The molecule has 1 amide bonds. The molecule has 0 saturated carbocycles. The zero-order chi connectivity index (χ0) is 13.6. The molecular formula is C13H21N3O2. The molecule has 0 radical (unpaired) electrons. The van der Waals surface area contributed by atoms with Crippen LogP contribution in [-0.4, -0.2) is 53.7 Å². The Labute approximate surface area is 108 Å². The van der Waals surface area contributed by atoms with Gasteiger partial charge in [-0.3, -0.25) is 9.78 Å². The highest BCUT2D eigenvalue weighted by Crippen LogP contribution is 2.03. The molecular weight excluding hydrogens is 230 g/mol. The van der Waals surface area contributed by atoms with E-state index in [0.717, 1.165) is 5.69 Å². The summed E-state index contributed by atoms with van der Waals surface area (Å²) in [6, 6.07) is 5.46. The molecule has 100 valence electrons. The molecule has 0 fully saturated rings. The smallest absolute Gasteiger partial charge is 0.226 e. The SMILES string of the molecule is CN(C)CC(C)(O)CNC(=O)Cc1ccccn1. The topological polar surface area (TPSA) is 65.5 Å². The van der Waals surface area contributed by atoms with E-state index in [4.69, 9.17) is 0 Å². The molecule has 0 aliphatic heterocycles. The van der Waals surface area contributed by atoms with Crippen LogP contribution in [0.25, 0.3) is 0 Å². The van der Waals surface area contributed by atoms with Crippen molar-refractivity contribution >= 4 is 5.91 Å². The summed E-state index contributed by atoms with van der Waals surface area (Å²) in [5.41, 5.74) is -0.203. The molecule has 0 spiro atoms. The molecule has 1 aromatic heterocycles. The highest BCUT2D eigenvalue weighted by molar-refractivity contribution is 5.78. The van der Waals surface area contributed by atoms with Crippen LogP contribution in [0.2, 0.25) is 0 Å². The number of rotatable bonds is 6. The van der Waals surface area contributed by atoms with Crippen molar-refractivity contribution in [2.24, 2.45) is 0 Å². The number of nitrogens with zero attached hydrogens (tertiary/aromatic N) is 2. The average Bonchev–Trinajstić information content (AvgIpc) is 2.26. The van der Waals surface area contributed by atoms with Crippen molar-refractivity contribution in [1.82, 2.24) is 15.2 Å². The van der Waals surface area contributed by atoms with Gasteiger partial charge in [-0.2, -0.15) is 0 Å². The van der Waals surface area contributed by atoms with Gasteiger partial charge in [0.1, 0.15) is 0 Å². The third-order valence-corrected chi connectivity index (χ3v) is 2.39. The fourth-order valence-corrected chi connectivity index (χ4v) is 1.76. The van der Waals surface area contributed by atoms with E-state index in [1.165, 1.54) is 0 Å². The van der Waals surface area contributed by atoms with E-state index in [1.54, 1.807) is 19.2 Å². The van der Waals surface area contributed by atoms with E-state index >= 15 is 0 Å². The normalized spacial score (nSPS) is 14.3. The van der Waals surface area contributed by atoms with E-state index in [0.29, 0.717) is 6.54 Å². The summed E-state index contributed by atoms with van der Waals surface area (Å²) in [7, 11) is 3.76. The maximum Gasteiger partial charge on any atom is 0.226 e. The predicted octanol–water partition coefficient (Wildman–Crippen LogP) is 0.0529. The maximum absolute atomic E-state index is 11.7. The lowest BCUT2D eigenvalue weighted by Crippen LogP contribution is -2.47. The number of hydrogen-bond acceptors (Lipinski definition) is 4. The second kappa shape index (κ2) is 6.47. The summed E-state index contributed by atoms with van der Waals surface area (Å²) in [5, 5.41) is 12.7. The number of nitrogens with one attached hydrogen (secondary N) is 1. The molecule has 0 saturated heterocycles. The van der Waals surface area contributed by atoms with Crippen LogP contribution < -0.4 is 5.32 Å². The third kappa shape index (κ3) is 5.75. The van der Waals surface area contributed by atoms with Crippen molar-refractivity contribution in [2.75, 3.05) is 27.2 Å². The molecule has 0 bridgehead atoms. The molecule has 1 unspecified atom stereocenters. The first kappa shape index (κ1) is 14.6. The number of likely N-dealkylation sites (N-methyl/N-ethyl adjacent to an activating group) is 1. The van der Waals surface area contributed by atoms with E-state index in [9.17, 15) is 9.90 Å².